The lowest BCUT2D eigenvalue weighted by molar-refractivity contribution is -0.133. The lowest BCUT2D eigenvalue weighted by Crippen LogP contribution is -2.03. The van der Waals surface area contributed by atoms with Crippen molar-refractivity contribution in [3.05, 3.63) is 27.7 Å². The third kappa shape index (κ3) is 3.09. The van der Waals surface area contributed by atoms with Crippen LogP contribution < -0.4 is 0 Å². The van der Waals surface area contributed by atoms with Gasteiger partial charge in [-0.15, -0.1) is 10.2 Å². The van der Waals surface area contributed by atoms with Crippen LogP contribution in [-0.2, 0) is 4.79 Å². The van der Waals surface area contributed by atoms with Gasteiger partial charge in [-0.1, -0.05) is 29.4 Å². The molecule has 8 heteroatoms. The second-order valence-electron chi connectivity index (χ2n) is 4.69. The van der Waals surface area contributed by atoms with Crippen LogP contribution in [0.3, 0.4) is 0 Å². The molecule has 3 rings (SSSR count). The summed E-state index contributed by atoms with van der Waals surface area (Å²) in [5.41, 5.74) is 0.799. The minimum atomic E-state index is -0.868. The lowest BCUT2D eigenvalue weighted by Gasteiger charge is -2.10. The Morgan fingerprint density at radius 1 is 1.48 bits per heavy atom. The number of aromatic nitrogens is 3. The first kappa shape index (κ1) is 14.9. The van der Waals surface area contributed by atoms with E-state index >= 15 is 0 Å². The van der Waals surface area contributed by atoms with Crippen molar-refractivity contribution >= 4 is 45.3 Å². The number of thioether (sulfide) groups is 1. The maximum absolute atomic E-state index is 10.7. The molecule has 1 fully saturated rings. The number of carboxylic acids is 1. The monoisotopic (exact) mass is 387 g/mol. The quantitative estimate of drug-likeness (QED) is 0.787. The van der Waals surface area contributed by atoms with E-state index in [4.69, 9.17) is 16.7 Å². The van der Waals surface area contributed by atoms with Gasteiger partial charge in [-0.2, -0.15) is 0 Å². The molecule has 1 aromatic carbocycles. The fourth-order valence-electron chi connectivity index (χ4n) is 2.02. The van der Waals surface area contributed by atoms with Crippen molar-refractivity contribution in [2.45, 2.75) is 24.0 Å². The number of aliphatic carboxylic acids is 1. The lowest BCUT2D eigenvalue weighted by atomic mass is 10.2. The van der Waals surface area contributed by atoms with E-state index in [0.717, 1.165) is 22.9 Å². The smallest absolute Gasteiger partial charge is 0.313 e. The minimum Gasteiger partial charge on any atom is -0.481 e. The van der Waals surface area contributed by atoms with Crippen molar-refractivity contribution < 1.29 is 9.90 Å². The molecule has 0 spiro atoms. The first-order chi connectivity index (χ1) is 10.1. The van der Waals surface area contributed by atoms with Crippen molar-refractivity contribution in [1.29, 1.82) is 0 Å². The molecule has 0 unspecified atom stereocenters. The summed E-state index contributed by atoms with van der Waals surface area (Å²) in [5.74, 6) is -0.207. The summed E-state index contributed by atoms with van der Waals surface area (Å²) in [6, 6.07) is 5.98. The molecule has 0 atom stereocenters. The standard InChI is InChI=1S/C13H11BrClN3O2S/c14-9-3-1-2-8(11(9)15)12-16-17-13(21-6-10(19)20)18(12)7-4-5-7/h1-3,7H,4-6H2,(H,19,20). The van der Waals surface area contributed by atoms with Gasteiger partial charge in [0.1, 0.15) is 0 Å². The number of carboxylic acid groups (broad SMARTS) is 1. The van der Waals surface area contributed by atoms with Gasteiger partial charge < -0.3 is 5.11 Å². The Labute approximate surface area is 138 Å². The summed E-state index contributed by atoms with van der Waals surface area (Å²) in [6.07, 6.45) is 2.11. The van der Waals surface area contributed by atoms with Gasteiger partial charge in [-0.05, 0) is 40.9 Å². The highest BCUT2D eigenvalue weighted by Gasteiger charge is 2.31. The van der Waals surface area contributed by atoms with Gasteiger partial charge in [0, 0.05) is 16.1 Å². The summed E-state index contributed by atoms with van der Waals surface area (Å²) in [7, 11) is 0. The number of halogens is 2. The maximum atomic E-state index is 10.7. The Bertz CT molecular complexity index is 703. The van der Waals surface area contributed by atoms with Crippen LogP contribution in [0.2, 0.25) is 5.02 Å². The summed E-state index contributed by atoms with van der Waals surface area (Å²) < 4.78 is 2.80. The number of rotatable bonds is 5. The Kier molecular flexibility index (Phi) is 4.24. The molecule has 1 heterocycles. The Balaban J connectivity index is 2.02. The Morgan fingerprint density at radius 2 is 2.24 bits per heavy atom. The highest BCUT2D eigenvalue weighted by Crippen LogP contribution is 2.43. The van der Waals surface area contributed by atoms with Crippen LogP contribution in [0.25, 0.3) is 11.4 Å². The molecule has 0 bridgehead atoms. The highest BCUT2D eigenvalue weighted by molar-refractivity contribution is 9.10. The van der Waals surface area contributed by atoms with Gasteiger partial charge in [0.05, 0.1) is 10.8 Å². The Hall–Kier alpha value is -1.05. The minimum absolute atomic E-state index is 0.0307. The predicted molar refractivity (Wildman–Crippen MR) is 84.8 cm³/mol. The zero-order valence-electron chi connectivity index (χ0n) is 10.8. The van der Waals surface area contributed by atoms with Crippen LogP contribution in [-0.4, -0.2) is 31.6 Å². The molecule has 0 saturated heterocycles. The predicted octanol–water partition coefficient (Wildman–Crippen LogP) is 3.87. The molecule has 110 valence electrons. The largest absolute Gasteiger partial charge is 0.481 e. The van der Waals surface area contributed by atoms with E-state index < -0.39 is 5.97 Å². The highest BCUT2D eigenvalue weighted by atomic mass is 79.9. The molecular formula is C13H11BrClN3O2S. The molecule has 0 radical (unpaired) electrons. The van der Waals surface area contributed by atoms with E-state index in [1.807, 2.05) is 22.8 Å². The molecule has 5 nitrogen and oxygen atoms in total. The average molecular weight is 389 g/mol. The molecule has 1 N–H and O–H groups in total. The van der Waals surface area contributed by atoms with Gasteiger partial charge in [0.15, 0.2) is 11.0 Å². The average Bonchev–Trinajstić information content (AvgIpc) is 3.20. The second-order valence-corrected chi connectivity index (χ2v) is 6.87. The van der Waals surface area contributed by atoms with E-state index in [9.17, 15) is 4.79 Å². The van der Waals surface area contributed by atoms with Crippen LogP contribution in [0.1, 0.15) is 18.9 Å². The zero-order chi connectivity index (χ0) is 15.0. The summed E-state index contributed by atoms with van der Waals surface area (Å²) in [4.78, 5) is 10.7. The second kappa shape index (κ2) is 5.98. The van der Waals surface area contributed by atoms with Crippen LogP contribution in [0, 0.1) is 0 Å². The number of benzene rings is 1. The van der Waals surface area contributed by atoms with E-state index in [1.165, 1.54) is 11.8 Å². The fraction of sp³-hybridized carbons (Fsp3) is 0.308. The van der Waals surface area contributed by atoms with Crippen molar-refractivity contribution in [1.82, 2.24) is 14.8 Å². The van der Waals surface area contributed by atoms with Crippen molar-refractivity contribution in [2.75, 3.05) is 5.75 Å². The summed E-state index contributed by atoms with van der Waals surface area (Å²) in [6.45, 7) is 0. The van der Waals surface area contributed by atoms with Crippen LogP contribution in [0.15, 0.2) is 27.8 Å². The molecular weight excluding hydrogens is 378 g/mol. The van der Waals surface area contributed by atoms with Gasteiger partial charge in [0.25, 0.3) is 0 Å². The normalized spacial score (nSPS) is 14.4. The molecule has 1 aliphatic rings. The van der Waals surface area contributed by atoms with Crippen LogP contribution in [0.4, 0.5) is 0 Å². The molecule has 0 amide bonds. The molecule has 1 saturated carbocycles. The SMILES string of the molecule is O=C(O)CSc1nnc(-c2cccc(Br)c2Cl)n1C1CC1. The topological polar surface area (TPSA) is 68.0 Å². The van der Waals surface area contributed by atoms with Gasteiger partial charge in [-0.25, -0.2) is 0 Å². The third-order valence-corrected chi connectivity index (χ3v) is 5.32. The molecule has 1 aliphatic carbocycles. The summed E-state index contributed by atoms with van der Waals surface area (Å²) in [5, 5.41) is 18.4. The number of carbonyl (C=O) groups is 1. The van der Waals surface area contributed by atoms with Crippen LogP contribution in [0.5, 0.6) is 0 Å². The van der Waals surface area contributed by atoms with Crippen molar-refractivity contribution in [3.63, 3.8) is 0 Å². The number of hydrogen-bond acceptors (Lipinski definition) is 4. The molecule has 21 heavy (non-hydrogen) atoms. The van der Waals surface area contributed by atoms with Gasteiger partial charge in [0.2, 0.25) is 0 Å². The van der Waals surface area contributed by atoms with Gasteiger partial charge in [-0.3, -0.25) is 9.36 Å². The van der Waals surface area contributed by atoms with Crippen LogP contribution >= 0.6 is 39.3 Å². The van der Waals surface area contributed by atoms with E-state index in [-0.39, 0.29) is 5.75 Å². The zero-order valence-corrected chi connectivity index (χ0v) is 14.0. The molecule has 1 aromatic heterocycles. The number of nitrogens with zero attached hydrogens (tertiary/aromatic N) is 3. The first-order valence-electron chi connectivity index (χ1n) is 6.32. The number of hydrogen-bond donors (Lipinski definition) is 1. The fourth-order valence-corrected chi connectivity index (χ4v) is 3.33. The van der Waals surface area contributed by atoms with E-state index in [2.05, 4.69) is 26.1 Å². The maximum Gasteiger partial charge on any atom is 0.313 e. The van der Waals surface area contributed by atoms with Crippen molar-refractivity contribution in [2.24, 2.45) is 0 Å². The van der Waals surface area contributed by atoms with E-state index in [1.54, 1.807) is 0 Å². The summed E-state index contributed by atoms with van der Waals surface area (Å²) >= 11 is 10.9. The molecule has 2 aromatic rings. The third-order valence-electron chi connectivity index (χ3n) is 3.09. The van der Waals surface area contributed by atoms with Crippen molar-refractivity contribution in [3.8, 4) is 11.4 Å². The first-order valence-corrected chi connectivity index (χ1v) is 8.47. The molecule has 0 aliphatic heterocycles. The van der Waals surface area contributed by atoms with E-state index in [0.29, 0.717) is 22.0 Å². The van der Waals surface area contributed by atoms with Gasteiger partial charge >= 0.3 is 5.97 Å². The Morgan fingerprint density at radius 3 is 2.90 bits per heavy atom.